The van der Waals surface area contributed by atoms with E-state index in [9.17, 15) is 9.59 Å². The van der Waals surface area contributed by atoms with Crippen molar-refractivity contribution in [2.75, 3.05) is 14.2 Å². The molecule has 82 valence electrons. The van der Waals surface area contributed by atoms with Crippen LogP contribution in [0.2, 0.25) is 0 Å². The molecule has 1 rings (SSSR count). The van der Waals surface area contributed by atoms with Crippen LogP contribution in [0.4, 0.5) is 0 Å². The van der Waals surface area contributed by atoms with Crippen LogP contribution in [0.5, 0.6) is 0 Å². The van der Waals surface area contributed by atoms with Crippen LogP contribution in [-0.4, -0.2) is 31.1 Å². The van der Waals surface area contributed by atoms with Gasteiger partial charge < -0.3 is 14.5 Å². The van der Waals surface area contributed by atoms with Crippen molar-refractivity contribution in [2.45, 2.75) is 13.8 Å². The second kappa shape index (κ2) is 4.16. The van der Waals surface area contributed by atoms with Gasteiger partial charge in [0.2, 0.25) is 0 Å². The van der Waals surface area contributed by atoms with E-state index >= 15 is 0 Å². The lowest BCUT2D eigenvalue weighted by Crippen LogP contribution is -2.11. The summed E-state index contributed by atoms with van der Waals surface area (Å²) in [6, 6.07) is 0. The first-order valence-electron chi connectivity index (χ1n) is 4.38. The summed E-state index contributed by atoms with van der Waals surface area (Å²) in [5.41, 5.74) is 1.67. The second-order valence-electron chi connectivity index (χ2n) is 3.11. The van der Waals surface area contributed by atoms with Crippen molar-refractivity contribution in [1.29, 1.82) is 0 Å². The predicted molar refractivity (Wildman–Crippen MR) is 52.9 cm³/mol. The summed E-state index contributed by atoms with van der Waals surface area (Å²) in [5.74, 6) is -1.09. The van der Waals surface area contributed by atoms with E-state index in [-0.39, 0.29) is 11.1 Å². The predicted octanol–water partition coefficient (Wildman–Crippen LogP) is 1.20. The SMILES string of the molecule is COC(=O)c1c(C)[nH]c(C)c1C(=O)OC. The monoisotopic (exact) mass is 211 g/mol. The van der Waals surface area contributed by atoms with Crippen molar-refractivity contribution in [2.24, 2.45) is 0 Å². The Morgan fingerprint density at radius 2 is 1.27 bits per heavy atom. The number of nitrogens with one attached hydrogen (secondary N) is 1. The van der Waals surface area contributed by atoms with Gasteiger partial charge in [0.05, 0.1) is 25.3 Å². The van der Waals surface area contributed by atoms with Crippen molar-refractivity contribution in [3.05, 3.63) is 22.5 Å². The fraction of sp³-hybridized carbons (Fsp3) is 0.400. The molecule has 0 aliphatic heterocycles. The number of rotatable bonds is 2. The molecule has 1 N–H and O–H groups in total. The quantitative estimate of drug-likeness (QED) is 0.746. The lowest BCUT2D eigenvalue weighted by Gasteiger charge is -2.02. The van der Waals surface area contributed by atoms with Crippen LogP contribution in [0.3, 0.4) is 0 Å². The van der Waals surface area contributed by atoms with E-state index in [2.05, 4.69) is 14.5 Å². The van der Waals surface area contributed by atoms with E-state index in [1.165, 1.54) is 14.2 Å². The van der Waals surface area contributed by atoms with Crippen LogP contribution >= 0.6 is 0 Å². The average molecular weight is 211 g/mol. The van der Waals surface area contributed by atoms with Crippen LogP contribution in [0.1, 0.15) is 32.1 Å². The molecule has 0 aliphatic rings. The van der Waals surface area contributed by atoms with E-state index in [1.54, 1.807) is 13.8 Å². The number of hydrogen-bond acceptors (Lipinski definition) is 4. The van der Waals surface area contributed by atoms with Crippen molar-refractivity contribution in [1.82, 2.24) is 4.98 Å². The third kappa shape index (κ3) is 1.86. The molecule has 1 aromatic heterocycles. The summed E-state index contributed by atoms with van der Waals surface area (Å²) < 4.78 is 9.20. The summed E-state index contributed by atoms with van der Waals surface area (Å²) in [5, 5.41) is 0. The number of aryl methyl sites for hydroxylation is 2. The Hall–Kier alpha value is -1.78. The highest BCUT2D eigenvalue weighted by molar-refractivity contribution is 6.05. The Labute approximate surface area is 87.4 Å². The second-order valence-corrected chi connectivity index (χ2v) is 3.11. The van der Waals surface area contributed by atoms with Gasteiger partial charge in [0, 0.05) is 11.4 Å². The van der Waals surface area contributed by atoms with Crippen LogP contribution in [-0.2, 0) is 9.47 Å². The molecule has 1 aromatic rings. The van der Waals surface area contributed by atoms with Gasteiger partial charge in [0.25, 0.3) is 0 Å². The highest BCUT2D eigenvalue weighted by Gasteiger charge is 2.25. The molecule has 0 unspecified atom stereocenters. The molecule has 1 heterocycles. The third-order valence-corrected chi connectivity index (χ3v) is 2.15. The van der Waals surface area contributed by atoms with Crippen molar-refractivity contribution in [3.63, 3.8) is 0 Å². The van der Waals surface area contributed by atoms with Gasteiger partial charge in [-0.3, -0.25) is 0 Å². The van der Waals surface area contributed by atoms with Gasteiger partial charge in [-0.15, -0.1) is 0 Å². The van der Waals surface area contributed by atoms with E-state index in [0.29, 0.717) is 11.4 Å². The van der Waals surface area contributed by atoms with Crippen molar-refractivity contribution in [3.8, 4) is 0 Å². The molecule has 0 aromatic carbocycles. The number of carbonyl (C=O) groups is 2. The molecule has 0 atom stereocenters. The Morgan fingerprint density at radius 3 is 1.53 bits per heavy atom. The van der Waals surface area contributed by atoms with Crippen LogP contribution in [0.15, 0.2) is 0 Å². The lowest BCUT2D eigenvalue weighted by molar-refractivity contribution is 0.0555. The highest BCUT2D eigenvalue weighted by Crippen LogP contribution is 2.19. The molecule has 0 saturated heterocycles. The minimum absolute atomic E-state index is 0.238. The van der Waals surface area contributed by atoms with Gasteiger partial charge in [0.1, 0.15) is 0 Å². The molecular formula is C10H13NO4. The summed E-state index contributed by atoms with van der Waals surface area (Å²) in [6.07, 6.45) is 0. The number of carbonyl (C=O) groups excluding carboxylic acids is 2. The molecular weight excluding hydrogens is 198 g/mol. The number of hydrogen-bond donors (Lipinski definition) is 1. The van der Waals surface area contributed by atoms with Gasteiger partial charge in [-0.1, -0.05) is 0 Å². The third-order valence-electron chi connectivity index (χ3n) is 2.15. The fourth-order valence-corrected chi connectivity index (χ4v) is 1.50. The Kier molecular flexibility index (Phi) is 3.14. The van der Waals surface area contributed by atoms with E-state index < -0.39 is 11.9 Å². The molecule has 0 spiro atoms. The largest absolute Gasteiger partial charge is 0.465 e. The molecule has 0 bridgehead atoms. The summed E-state index contributed by atoms with van der Waals surface area (Å²) in [7, 11) is 2.54. The normalized spacial score (nSPS) is 9.87. The molecule has 0 aliphatic carbocycles. The van der Waals surface area contributed by atoms with Crippen LogP contribution in [0, 0.1) is 13.8 Å². The van der Waals surface area contributed by atoms with Crippen LogP contribution in [0.25, 0.3) is 0 Å². The number of methoxy groups -OCH3 is 2. The number of aromatic amines is 1. The summed E-state index contributed by atoms with van der Waals surface area (Å²) in [4.78, 5) is 25.8. The van der Waals surface area contributed by atoms with Crippen LogP contribution < -0.4 is 0 Å². The first-order chi connectivity index (χ1) is 7.02. The number of aromatic nitrogens is 1. The first kappa shape index (κ1) is 11.3. The van der Waals surface area contributed by atoms with Crippen molar-refractivity contribution >= 4 is 11.9 Å². The molecule has 0 fully saturated rings. The highest BCUT2D eigenvalue weighted by atomic mass is 16.5. The fourth-order valence-electron chi connectivity index (χ4n) is 1.50. The topological polar surface area (TPSA) is 68.4 Å². The zero-order chi connectivity index (χ0) is 11.6. The molecule has 15 heavy (non-hydrogen) atoms. The van der Waals surface area contributed by atoms with Gasteiger partial charge in [-0.25, -0.2) is 9.59 Å². The zero-order valence-electron chi connectivity index (χ0n) is 9.13. The number of esters is 2. The van der Waals surface area contributed by atoms with Gasteiger partial charge in [0.15, 0.2) is 0 Å². The average Bonchev–Trinajstić information content (AvgIpc) is 2.51. The van der Waals surface area contributed by atoms with Crippen molar-refractivity contribution < 1.29 is 19.1 Å². The van der Waals surface area contributed by atoms with E-state index in [4.69, 9.17) is 0 Å². The van der Waals surface area contributed by atoms with E-state index in [0.717, 1.165) is 0 Å². The Balaban J connectivity index is 3.35. The van der Waals surface area contributed by atoms with E-state index in [1.807, 2.05) is 0 Å². The Bertz CT molecular complexity index is 369. The number of ether oxygens (including phenoxy) is 2. The van der Waals surface area contributed by atoms with Gasteiger partial charge in [-0.2, -0.15) is 0 Å². The van der Waals surface area contributed by atoms with Gasteiger partial charge in [-0.05, 0) is 13.8 Å². The lowest BCUT2D eigenvalue weighted by atomic mass is 10.1. The zero-order valence-corrected chi connectivity index (χ0v) is 9.13. The standard InChI is InChI=1S/C10H13NO4/c1-5-7(9(12)14-3)8(6(2)11-5)10(13)15-4/h11H,1-4H3. The number of H-pyrrole nitrogens is 1. The molecule has 0 radical (unpaired) electrons. The smallest absolute Gasteiger partial charge is 0.340 e. The molecule has 0 amide bonds. The van der Waals surface area contributed by atoms with Gasteiger partial charge >= 0.3 is 11.9 Å². The summed E-state index contributed by atoms with van der Waals surface area (Å²) >= 11 is 0. The minimum atomic E-state index is -0.544. The molecule has 0 saturated carbocycles. The molecule has 5 heteroatoms. The maximum atomic E-state index is 11.4. The maximum absolute atomic E-state index is 11.4. The summed E-state index contributed by atoms with van der Waals surface area (Å²) in [6.45, 7) is 3.40. The first-order valence-corrected chi connectivity index (χ1v) is 4.38. The molecule has 5 nitrogen and oxygen atoms in total. The maximum Gasteiger partial charge on any atom is 0.340 e. The minimum Gasteiger partial charge on any atom is -0.465 e. The Morgan fingerprint density at radius 1 is 0.933 bits per heavy atom.